The van der Waals surface area contributed by atoms with Crippen molar-refractivity contribution < 1.29 is 4.74 Å². The zero-order valence-corrected chi connectivity index (χ0v) is 14.7. The lowest BCUT2D eigenvalue weighted by Gasteiger charge is -2.24. The van der Waals surface area contributed by atoms with Crippen molar-refractivity contribution in [1.29, 1.82) is 0 Å². The summed E-state index contributed by atoms with van der Waals surface area (Å²) in [6, 6.07) is 10.3. The highest BCUT2D eigenvalue weighted by atomic mass is 32.1. The topological polar surface area (TPSA) is 51.4 Å². The smallest absolute Gasteiger partial charge is 0.132 e. The number of benzene rings is 1. The normalized spacial score (nSPS) is 15.0. The molecule has 3 aromatic rings. The lowest BCUT2D eigenvalue weighted by molar-refractivity contribution is 0.0443. The predicted octanol–water partition coefficient (Wildman–Crippen LogP) is 3.23. The highest BCUT2D eigenvalue weighted by Gasteiger charge is 2.13. The first-order valence-corrected chi connectivity index (χ1v) is 9.21. The molecule has 0 bridgehead atoms. The SMILES string of the molecule is Nc1ncc(C#CCN2CCOCC2)c2scc(-c3ccccc3)c12. The third-order valence-electron chi connectivity index (χ3n) is 4.34. The molecule has 4 nitrogen and oxygen atoms in total. The van der Waals surface area contributed by atoms with Gasteiger partial charge in [0, 0.05) is 30.2 Å². The molecule has 0 aliphatic carbocycles. The van der Waals surface area contributed by atoms with Crippen molar-refractivity contribution in [3.05, 3.63) is 47.5 Å². The molecule has 0 amide bonds. The molecule has 2 N–H and O–H groups in total. The van der Waals surface area contributed by atoms with Crippen LogP contribution in [-0.2, 0) is 4.74 Å². The van der Waals surface area contributed by atoms with Crippen LogP contribution in [0.4, 0.5) is 5.82 Å². The molecule has 126 valence electrons. The minimum absolute atomic E-state index is 0.564. The van der Waals surface area contributed by atoms with Gasteiger partial charge in [-0.25, -0.2) is 4.98 Å². The molecule has 1 saturated heterocycles. The fourth-order valence-electron chi connectivity index (χ4n) is 2.99. The number of nitrogens with two attached hydrogens (primary N) is 1. The maximum atomic E-state index is 6.18. The Labute approximate surface area is 151 Å². The van der Waals surface area contributed by atoms with E-state index in [1.165, 1.54) is 0 Å². The van der Waals surface area contributed by atoms with Gasteiger partial charge in [0.25, 0.3) is 0 Å². The molecule has 0 atom stereocenters. The number of rotatable bonds is 2. The lowest BCUT2D eigenvalue weighted by Crippen LogP contribution is -2.36. The Morgan fingerprint density at radius 1 is 1.20 bits per heavy atom. The van der Waals surface area contributed by atoms with Crippen molar-refractivity contribution in [2.24, 2.45) is 0 Å². The minimum Gasteiger partial charge on any atom is -0.383 e. The molecule has 0 saturated carbocycles. The van der Waals surface area contributed by atoms with Gasteiger partial charge in [-0.1, -0.05) is 42.2 Å². The van der Waals surface area contributed by atoms with E-state index in [0.29, 0.717) is 5.82 Å². The summed E-state index contributed by atoms with van der Waals surface area (Å²) in [5.74, 6) is 7.13. The number of nitrogen functional groups attached to an aromatic ring is 1. The zero-order chi connectivity index (χ0) is 17.1. The Balaban J connectivity index is 1.67. The molecule has 0 radical (unpaired) electrons. The van der Waals surface area contributed by atoms with Gasteiger partial charge in [0.15, 0.2) is 0 Å². The number of nitrogens with zero attached hydrogens (tertiary/aromatic N) is 2. The quantitative estimate of drug-likeness (QED) is 0.722. The van der Waals surface area contributed by atoms with E-state index in [1.807, 2.05) is 18.2 Å². The summed E-state index contributed by atoms with van der Waals surface area (Å²) in [4.78, 5) is 6.69. The monoisotopic (exact) mass is 349 g/mol. The Hall–Kier alpha value is -2.39. The first-order chi connectivity index (χ1) is 12.3. The molecule has 5 heteroatoms. The Morgan fingerprint density at radius 3 is 2.80 bits per heavy atom. The fourth-order valence-corrected chi connectivity index (χ4v) is 4.05. The number of fused-ring (bicyclic) bond motifs is 1. The summed E-state index contributed by atoms with van der Waals surface area (Å²) in [7, 11) is 0. The average Bonchev–Trinajstić information content (AvgIpc) is 3.11. The third-order valence-corrected chi connectivity index (χ3v) is 5.35. The van der Waals surface area contributed by atoms with Crippen LogP contribution in [0.15, 0.2) is 41.9 Å². The largest absolute Gasteiger partial charge is 0.383 e. The summed E-state index contributed by atoms with van der Waals surface area (Å²) >= 11 is 1.68. The van der Waals surface area contributed by atoms with Gasteiger partial charge in [-0.3, -0.25) is 4.90 Å². The highest BCUT2D eigenvalue weighted by Crippen LogP contribution is 2.38. The van der Waals surface area contributed by atoms with Crippen LogP contribution in [-0.4, -0.2) is 42.7 Å². The molecule has 25 heavy (non-hydrogen) atoms. The lowest BCUT2D eigenvalue weighted by atomic mass is 10.0. The number of hydrogen-bond acceptors (Lipinski definition) is 5. The number of hydrogen-bond donors (Lipinski definition) is 1. The van der Waals surface area contributed by atoms with E-state index >= 15 is 0 Å². The highest BCUT2D eigenvalue weighted by molar-refractivity contribution is 7.18. The van der Waals surface area contributed by atoms with Crippen LogP contribution in [0.5, 0.6) is 0 Å². The molecule has 0 unspecified atom stereocenters. The van der Waals surface area contributed by atoms with Crippen molar-refractivity contribution >= 4 is 27.2 Å². The van der Waals surface area contributed by atoms with Crippen LogP contribution < -0.4 is 5.73 Å². The van der Waals surface area contributed by atoms with E-state index in [2.05, 4.69) is 39.2 Å². The second-order valence-corrected chi connectivity index (χ2v) is 6.85. The molecule has 0 spiro atoms. The summed E-state index contributed by atoms with van der Waals surface area (Å²) < 4.78 is 6.48. The Morgan fingerprint density at radius 2 is 2.00 bits per heavy atom. The van der Waals surface area contributed by atoms with Gasteiger partial charge in [0.05, 0.1) is 30.0 Å². The maximum Gasteiger partial charge on any atom is 0.132 e. The van der Waals surface area contributed by atoms with E-state index in [0.717, 1.165) is 59.6 Å². The van der Waals surface area contributed by atoms with Gasteiger partial charge in [-0.2, -0.15) is 0 Å². The predicted molar refractivity (Wildman–Crippen MR) is 104 cm³/mol. The van der Waals surface area contributed by atoms with E-state index in [9.17, 15) is 0 Å². The van der Waals surface area contributed by atoms with Gasteiger partial charge in [-0.15, -0.1) is 11.3 Å². The number of ether oxygens (including phenoxy) is 1. The molecule has 1 aromatic carbocycles. The maximum absolute atomic E-state index is 6.18. The van der Waals surface area contributed by atoms with Gasteiger partial charge in [0.1, 0.15) is 5.82 Å². The molecule has 1 aliphatic rings. The van der Waals surface area contributed by atoms with Crippen LogP contribution in [0.3, 0.4) is 0 Å². The standard InChI is InChI=1S/C20H19N3OS/c21-20-18-17(15-5-2-1-3-6-15)14-25-19(18)16(13-22-20)7-4-8-23-9-11-24-12-10-23/h1-3,5-6,13-14H,8-12H2,(H2,21,22). The first kappa shape index (κ1) is 16.1. The summed E-state index contributed by atoms with van der Waals surface area (Å²) in [6.07, 6.45) is 1.79. The Bertz CT molecular complexity index is 934. The number of anilines is 1. The summed E-state index contributed by atoms with van der Waals surface area (Å²) in [6.45, 7) is 4.23. The number of thiophene rings is 1. The molecule has 3 heterocycles. The molecular weight excluding hydrogens is 330 g/mol. The fraction of sp³-hybridized carbons (Fsp3) is 0.250. The molecular formula is C20H19N3OS. The van der Waals surface area contributed by atoms with Crippen molar-refractivity contribution in [3.8, 4) is 23.0 Å². The van der Waals surface area contributed by atoms with Gasteiger partial charge < -0.3 is 10.5 Å². The minimum atomic E-state index is 0.564. The van der Waals surface area contributed by atoms with E-state index in [4.69, 9.17) is 10.5 Å². The number of pyridine rings is 1. The van der Waals surface area contributed by atoms with Gasteiger partial charge in [-0.05, 0) is 10.9 Å². The van der Waals surface area contributed by atoms with Crippen molar-refractivity contribution in [1.82, 2.24) is 9.88 Å². The summed E-state index contributed by atoms with van der Waals surface area (Å²) in [5.41, 5.74) is 9.41. The Kier molecular flexibility index (Phi) is 4.66. The number of aromatic nitrogens is 1. The van der Waals surface area contributed by atoms with Crippen molar-refractivity contribution in [3.63, 3.8) is 0 Å². The molecule has 1 fully saturated rings. The van der Waals surface area contributed by atoms with E-state index in [1.54, 1.807) is 17.5 Å². The number of morpholine rings is 1. The molecule has 4 rings (SSSR count). The van der Waals surface area contributed by atoms with Crippen molar-refractivity contribution in [2.75, 3.05) is 38.6 Å². The van der Waals surface area contributed by atoms with Crippen LogP contribution in [0.25, 0.3) is 21.2 Å². The van der Waals surface area contributed by atoms with Gasteiger partial charge in [0.2, 0.25) is 0 Å². The average molecular weight is 349 g/mol. The van der Waals surface area contributed by atoms with E-state index in [-0.39, 0.29) is 0 Å². The zero-order valence-electron chi connectivity index (χ0n) is 13.9. The van der Waals surface area contributed by atoms with Crippen LogP contribution in [0, 0.1) is 11.8 Å². The third kappa shape index (κ3) is 3.38. The van der Waals surface area contributed by atoms with Crippen LogP contribution in [0.2, 0.25) is 0 Å². The second kappa shape index (κ2) is 7.24. The summed E-state index contributed by atoms with van der Waals surface area (Å²) in [5, 5.41) is 3.15. The van der Waals surface area contributed by atoms with Crippen molar-refractivity contribution in [2.45, 2.75) is 0 Å². The van der Waals surface area contributed by atoms with Crippen LogP contribution in [0.1, 0.15) is 5.56 Å². The first-order valence-electron chi connectivity index (χ1n) is 8.33. The molecule has 2 aromatic heterocycles. The van der Waals surface area contributed by atoms with Crippen LogP contribution >= 0.6 is 11.3 Å². The molecule has 1 aliphatic heterocycles. The van der Waals surface area contributed by atoms with E-state index < -0.39 is 0 Å². The van der Waals surface area contributed by atoms with Gasteiger partial charge >= 0.3 is 0 Å². The second-order valence-electron chi connectivity index (χ2n) is 5.97.